The van der Waals surface area contributed by atoms with Gasteiger partial charge in [-0.2, -0.15) is 0 Å². The van der Waals surface area contributed by atoms with E-state index in [1.54, 1.807) is 0 Å². The first-order valence-electron chi connectivity index (χ1n) is 10.8. The molecule has 6 rings (SSSR count). The molecule has 0 bridgehead atoms. The number of pyridine rings is 3. The molecule has 8 heteroatoms. The van der Waals surface area contributed by atoms with Gasteiger partial charge in [-0.3, -0.25) is 10.4 Å². The predicted molar refractivity (Wildman–Crippen MR) is 121 cm³/mol. The number of hydrazine groups is 1. The van der Waals surface area contributed by atoms with Crippen molar-refractivity contribution in [1.29, 1.82) is 0 Å². The Bertz CT molecular complexity index is 1250. The van der Waals surface area contributed by atoms with Crippen LogP contribution in [-0.2, 0) is 4.74 Å². The number of aromatic amines is 1. The van der Waals surface area contributed by atoms with Crippen LogP contribution in [0.15, 0.2) is 42.9 Å². The number of rotatable bonds is 3. The number of hydrogen-bond donors (Lipinski definition) is 3. The summed E-state index contributed by atoms with van der Waals surface area (Å²) >= 11 is 0. The van der Waals surface area contributed by atoms with Gasteiger partial charge in [0, 0.05) is 42.5 Å². The Morgan fingerprint density at radius 3 is 2.90 bits per heavy atom. The van der Waals surface area contributed by atoms with E-state index in [1.807, 2.05) is 18.6 Å². The quantitative estimate of drug-likeness (QED) is 0.474. The van der Waals surface area contributed by atoms with Gasteiger partial charge in [-0.25, -0.2) is 15.4 Å². The molecule has 31 heavy (non-hydrogen) atoms. The molecule has 2 aliphatic rings. The van der Waals surface area contributed by atoms with Gasteiger partial charge in [0.2, 0.25) is 0 Å². The molecule has 8 nitrogen and oxygen atoms in total. The number of nitrogens with zero attached hydrogens (tertiary/aromatic N) is 4. The molecular weight excluding hydrogens is 390 g/mol. The maximum atomic E-state index is 5.68. The van der Waals surface area contributed by atoms with E-state index < -0.39 is 0 Å². The summed E-state index contributed by atoms with van der Waals surface area (Å²) < 4.78 is 5.68. The minimum Gasteiger partial charge on any atom is -0.377 e. The van der Waals surface area contributed by atoms with Crippen LogP contribution in [0.25, 0.3) is 33.1 Å². The van der Waals surface area contributed by atoms with Crippen LogP contribution in [0.1, 0.15) is 25.1 Å². The van der Waals surface area contributed by atoms with Crippen molar-refractivity contribution in [3.05, 3.63) is 48.5 Å². The highest BCUT2D eigenvalue weighted by molar-refractivity contribution is 6.04. The van der Waals surface area contributed by atoms with Crippen molar-refractivity contribution in [2.75, 3.05) is 31.2 Å². The summed E-state index contributed by atoms with van der Waals surface area (Å²) in [6, 6.07) is 8.89. The molecule has 0 radical (unpaired) electrons. The van der Waals surface area contributed by atoms with Crippen molar-refractivity contribution >= 4 is 27.8 Å². The second-order valence-electron chi connectivity index (χ2n) is 8.25. The zero-order valence-electron chi connectivity index (χ0n) is 17.4. The third-order valence-electron chi connectivity index (χ3n) is 6.32. The monoisotopic (exact) mass is 415 g/mol. The summed E-state index contributed by atoms with van der Waals surface area (Å²) in [7, 11) is 0. The van der Waals surface area contributed by atoms with Gasteiger partial charge in [0.05, 0.1) is 36.5 Å². The lowest BCUT2D eigenvalue weighted by molar-refractivity contribution is 0.0986. The zero-order chi connectivity index (χ0) is 20.8. The van der Waals surface area contributed by atoms with Crippen LogP contribution in [-0.4, -0.2) is 52.3 Å². The molecule has 0 spiro atoms. The highest BCUT2D eigenvalue weighted by atomic mass is 16.5. The Hall–Kier alpha value is -3.07. The lowest BCUT2D eigenvalue weighted by Gasteiger charge is -2.34. The smallest absolute Gasteiger partial charge is 0.137 e. The number of fused-ring (bicyclic) bond motifs is 2. The number of H-pyrrole nitrogens is 1. The first kappa shape index (κ1) is 18.7. The number of morpholine rings is 1. The second-order valence-corrected chi connectivity index (χ2v) is 8.25. The van der Waals surface area contributed by atoms with E-state index in [4.69, 9.17) is 14.7 Å². The number of hydrogen-bond acceptors (Lipinski definition) is 7. The van der Waals surface area contributed by atoms with E-state index in [0.717, 1.165) is 64.1 Å². The average molecular weight is 416 g/mol. The van der Waals surface area contributed by atoms with E-state index in [2.05, 4.69) is 56.9 Å². The van der Waals surface area contributed by atoms with E-state index >= 15 is 0 Å². The fourth-order valence-corrected chi connectivity index (χ4v) is 4.74. The van der Waals surface area contributed by atoms with Crippen LogP contribution >= 0.6 is 0 Å². The summed E-state index contributed by atoms with van der Waals surface area (Å²) in [6.07, 6.45) is 6.69. The fraction of sp³-hybridized carbons (Fsp3) is 0.348. The summed E-state index contributed by atoms with van der Waals surface area (Å²) in [5, 5.41) is 2.21. The third-order valence-corrected chi connectivity index (χ3v) is 6.32. The van der Waals surface area contributed by atoms with E-state index in [1.165, 1.54) is 0 Å². The molecule has 4 aromatic rings. The largest absolute Gasteiger partial charge is 0.377 e. The molecule has 0 aromatic carbocycles. The van der Waals surface area contributed by atoms with Crippen molar-refractivity contribution in [2.45, 2.75) is 25.4 Å². The summed E-state index contributed by atoms with van der Waals surface area (Å²) in [5.74, 6) is 0.971. The van der Waals surface area contributed by atoms with Crippen LogP contribution in [0.5, 0.6) is 0 Å². The Balaban J connectivity index is 1.63. The third kappa shape index (κ3) is 3.15. The molecular formula is C23H25N7O. The molecule has 4 aromatic heterocycles. The lowest BCUT2D eigenvalue weighted by Crippen LogP contribution is -2.44. The van der Waals surface area contributed by atoms with Gasteiger partial charge in [-0.1, -0.05) is 0 Å². The van der Waals surface area contributed by atoms with Crippen LogP contribution in [0.2, 0.25) is 0 Å². The van der Waals surface area contributed by atoms with Gasteiger partial charge in [-0.15, -0.1) is 0 Å². The Morgan fingerprint density at radius 2 is 2.03 bits per heavy atom. The van der Waals surface area contributed by atoms with Crippen molar-refractivity contribution in [3.8, 4) is 11.1 Å². The van der Waals surface area contributed by atoms with Gasteiger partial charge in [-0.05, 0) is 48.7 Å². The predicted octanol–water partition coefficient (Wildman–Crippen LogP) is 2.94. The minimum atomic E-state index is 0.145. The summed E-state index contributed by atoms with van der Waals surface area (Å²) in [6.45, 7) is 5.36. The lowest BCUT2D eigenvalue weighted by atomic mass is 9.97. The molecule has 6 heterocycles. The highest BCUT2D eigenvalue weighted by Crippen LogP contribution is 2.37. The number of ether oxygens (including phenoxy) is 1. The Labute approximate surface area is 180 Å². The first-order chi connectivity index (χ1) is 15.3. The SMILES string of the molecule is C[C@@H]1COCCN1c1cc(-c2ccnc3[nH]ccc23)c2ccnc(C3CCNN3)c2n1. The molecule has 158 valence electrons. The van der Waals surface area contributed by atoms with E-state index in [-0.39, 0.29) is 12.1 Å². The van der Waals surface area contributed by atoms with Crippen molar-refractivity contribution in [2.24, 2.45) is 0 Å². The highest BCUT2D eigenvalue weighted by Gasteiger charge is 2.26. The van der Waals surface area contributed by atoms with Gasteiger partial charge < -0.3 is 14.6 Å². The molecule has 0 aliphatic carbocycles. The van der Waals surface area contributed by atoms with Crippen LogP contribution in [0.4, 0.5) is 5.82 Å². The van der Waals surface area contributed by atoms with E-state index in [9.17, 15) is 0 Å². The Kier molecular flexibility index (Phi) is 4.56. The van der Waals surface area contributed by atoms with Crippen LogP contribution in [0, 0.1) is 0 Å². The number of anilines is 1. The first-order valence-corrected chi connectivity index (χ1v) is 10.8. The molecule has 3 N–H and O–H groups in total. The number of nitrogens with one attached hydrogen (secondary N) is 3. The summed E-state index contributed by atoms with van der Waals surface area (Å²) in [5.41, 5.74) is 11.7. The van der Waals surface area contributed by atoms with Gasteiger partial charge in [0.25, 0.3) is 0 Å². The second kappa shape index (κ2) is 7.56. The number of aromatic nitrogens is 4. The summed E-state index contributed by atoms with van der Waals surface area (Å²) in [4.78, 5) is 20.0. The molecule has 0 saturated carbocycles. The molecule has 2 fully saturated rings. The van der Waals surface area contributed by atoms with Crippen molar-refractivity contribution in [3.63, 3.8) is 0 Å². The molecule has 2 saturated heterocycles. The molecule has 2 atom stereocenters. The molecule has 2 aliphatic heterocycles. The topological polar surface area (TPSA) is 91.0 Å². The maximum absolute atomic E-state index is 5.68. The average Bonchev–Trinajstić information content (AvgIpc) is 3.50. The fourth-order valence-electron chi connectivity index (χ4n) is 4.74. The maximum Gasteiger partial charge on any atom is 0.137 e. The van der Waals surface area contributed by atoms with Crippen LogP contribution in [0.3, 0.4) is 0 Å². The standard InChI is InChI=1S/C23H25N7O/c1-14-13-31-11-10-30(14)20-12-18(15-2-7-25-23-17(15)4-8-26-23)16-3-6-24-22(21(16)28-20)19-5-9-27-29-19/h2-4,6-8,12,14,19,27,29H,5,9-11,13H2,1H3,(H,25,26)/t14-,19?/m1/s1. The minimum absolute atomic E-state index is 0.145. The van der Waals surface area contributed by atoms with Crippen LogP contribution < -0.4 is 15.8 Å². The van der Waals surface area contributed by atoms with Gasteiger partial charge in [0.15, 0.2) is 0 Å². The van der Waals surface area contributed by atoms with Gasteiger partial charge in [0.1, 0.15) is 11.5 Å². The molecule has 1 unspecified atom stereocenters. The normalized spacial score (nSPS) is 21.9. The van der Waals surface area contributed by atoms with Gasteiger partial charge >= 0.3 is 0 Å². The van der Waals surface area contributed by atoms with Crippen molar-refractivity contribution < 1.29 is 4.74 Å². The van der Waals surface area contributed by atoms with Crippen molar-refractivity contribution in [1.82, 2.24) is 30.8 Å². The Morgan fingerprint density at radius 1 is 1.10 bits per heavy atom. The van der Waals surface area contributed by atoms with E-state index in [0.29, 0.717) is 13.2 Å². The molecule has 0 amide bonds. The zero-order valence-corrected chi connectivity index (χ0v) is 17.4.